The molecular weight excluding hydrogens is 361 g/mol. The minimum absolute atomic E-state index is 0.241. The van der Waals surface area contributed by atoms with Gasteiger partial charge in [-0.3, -0.25) is 4.98 Å². The molecule has 25 heavy (non-hydrogen) atoms. The van der Waals surface area contributed by atoms with Crippen LogP contribution in [0.5, 0.6) is 0 Å². The number of amides is 2. The Balaban J connectivity index is 1.42. The number of anilines is 2. The lowest BCUT2D eigenvalue weighted by molar-refractivity contribution is 0.248. The minimum Gasteiger partial charge on any atom is -0.355 e. The molecule has 0 unspecified atom stereocenters. The Bertz CT molecular complexity index is 720. The van der Waals surface area contributed by atoms with Crippen LogP contribution in [0.25, 0.3) is 0 Å². The zero-order valence-corrected chi connectivity index (χ0v) is 15.1. The van der Waals surface area contributed by atoms with Gasteiger partial charge < -0.3 is 15.5 Å². The Morgan fingerprint density at radius 3 is 2.68 bits per heavy atom. The summed E-state index contributed by atoms with van der Waals surface area (Å²) in [6, 6.07) is 4.76. The van der Waals surface area contributed by atoms with Crippen LogP contribution in [-0.2, 0) is 0 Å². The fraction of sp³-hybridized carbons (Fsp3) is 0.353. The molecule has 0 spiro atoms. The van der Waals surface area contributed by atoms with Crippen molar-refractivity contribution in [2.24, 2.45) is 5.92 Å². The van der Waals surface area contributed by atoms with Gasteiger partial charge in [0.1, 0.15) is 5.82 Å². The quantitative estimate of drug-likeness (QED) is 0.846. The Morgan fingerprint density at radius 2 is 2.00 bits per heavy atom. The summed E-state index contributed by atoms with van der Waals surface area (Å²) in [5.74, 6) is 1.36. The maximum absolute atomic E-state index is 12.0. The number of nitrogens with zero attached hydrogens (tertiary/aromatic N) is 3. The number of nitrogens with one attached hydrogen (secondary N) is 2. The monoisotopic (exact) mass is 379 g/mol. The van der Waals surface area contributed by atoms with Crippen molar-refractivity contribution in [2.45, 2.75) is 12.8 Å². The predicted molar refractivity (Wildman–Crippen MR) is 100 cm³/mol. The largest absolute Gasteiger partial charge is 0.355 e. The van der Waals surface area contributed by atoms with Crippen molar-refractivity contribution in [1.82, 2.24) is 15.3 Å². The van der Waals surface area contributed by atoms with Crippen LogP contribution in [0.4, 0.5) is 16.3 Å². The first-order chi connectivity index (χ1) is 12.1. The van der Waals surface area contributed by atoms with Gasteiger partial charge >= 0.3 is 6.03 Å². The van der Waals surface area contributed by atoms with Gasteiger partial charge in [0, 0.05) is 37.7 Å². The molecule has 2 amide bonds. The number of piperidine rings is 1. The first kappa shape index (κ1) is 17.8. The van der Waals surface area contributed by atoms with Crippen molar-refractivity contribution in [3.63, 3.8) is 0 Å². The van der Waals surface area contributed by atoms with Crippen molar-refractivity contribution in [1.29, 1.82) is 0 Å². The van der Waals surface area contributed by atoms with Crippen molar-refractivity contribution in [3.05, 3.63) is 46.8 Å². The van der Waals surface area contributed by atoms with E-state index in [2.05, 4.69) is 25.5 Å². The van der Waals surface area contributed by atoms with E-state index in [0.29, 0.717) is 28.2 Å². The van der Waals surface area contributed by atoms with E-state index in [-0.39, 0.29) is 6.03 Å². The SMILES string of the molecule is O=C(NCC1CCN(c2cnccn2)CC1)Nc1ccc(Cl)c(Cl)c1. The molecule has 1 saturated heterocycles. The van der Waals surface area contributed by atoms with Gasteiger partial charge in [0.15, 0.2) is 0 Å². The number of carbonyl (C=O) groups is 1. The summed E-state index contributed by atoms with van der Waals surface area (Å²) in [6.45, 7) is 2.47. The standard InChI is InChI=1S/C17H19Cl2N5O/c18-14-2-1-13(9-15(14)19)23-17(25)22-10-12-3-7-24(8-4-12)16-11-20-5-6-21-16/h1-2,5-6,9,11-12H,3-4,7-8,10H2,(H2,22,23,25). The van der Waals surface area contributed by atoms with Crippen LogP contribution >= 0.6 is 23.2 Å². The van der Waals surface area contributed by atoms with Crippen LogP contribution in [0.2, 0.25) is 10.0 Å². The molecule has 0 radical (unpaired) electrons. The Hall–Kier alpha value is -2.05. The summed E-state index contributed by atoms with van der Waals surface area (Å²) in [6.07, 6.45) is 7.17. The van der Waals surface area contributed by atoms with Crippen molar-refractivity contribution in [3.8, 4) is 0 Å². The van der Waals surface area contributed by atoms with E-state index in [1.165, 1.54) is 0 Å². The molecule has 0 atom stereocenters. The van der Waals surface area contributed by atoms with E-state index in [9.17, 15) is 4.79 Å². The summed E-state index contributed by atoms with van der Waals surface area (Å²) in [5, 5.41) is 6.55. The molecule has 2 heterocycles. The number of rotatable bonds is 4. The molecular formula is C17H19Cl2N5O. The van der Waals surface area contributed by atoms with Crippen LogP contribution < -0.4 is 15.5 Å². The average Bonchev–Trinajstić information content (AvgIpc) is 2.64. The molecule has 132 valence electrons. The van der Waals surface area contributed by atoms with E-state index in [4.69, 9.17) is 23.2 Å². The van der Waals surface area contributed by atoms with Crippen molar-refractivity contribution < 1.29 is 4.79 Å². The van der Waals surface area contributed by atoms with Crippen LogP contribution in [0.15, 0.2) is 36.8 Å². The Kier molecular flexibility index (Phi) is 5.94. The highest BCUT2D eigenvalue weighted by Gasteiger charge is 2.20. The zero-order chi connectivity index (χ0) is 17.6. The molecule has 2 aromatic rings. The lowest BCUT2D eigenvalue weighted by Gasteiger charge is -2.32. The molecule has 0 saturated carbocycles. The fourth-order valence-electron chi connectivity index (χ4n) is 2.81. The number of halogens is 2. The molecule has 0 aliphatic carbocycles. The highest BCUT2D eigenvalue weighted by molar-refractivity contribution is 6.42. The lowest BCUT2D eigenvalue weighted by Crippen LogP contribution is -2.40. The van der Waals surface area contributed by atoms with Gasteiger partial charge in [0.05, 0.1) is 16.2 Å². The first-order valence-corrected chi connectivity index (χ1v) is 8.88. The molecule has 1 aliphatic rings. The van der Waals surface area contributed by atoms with Gasteiger partial charge in [-0.15, -0.1) is 0 Å². The van der Waals surface area contributed by atoms with E-state index in [1.54, 1.807) is 36.8 Å². The topological polar surface area (TPSA) is 70.2 Å². The molecule has 8 heteroatoms. The average molecular weight is 380 g/mol. The molecule has 1 aliphatic heterocycles. The number of hydrogen-bond acceptors (Lipinski definition) is 4. The van der Waals surface area contributed by atoms with Crippen LogP contribution in [0.1, 0.15) is 12.8 Å². The summed E-state index contributed by atoms with van der Waals surface area (Å²) >= 11 is 11.8. The third kappa shape index (κ3) is 4.96. The molecule has 1 aromatic carbocycles. The second-order valence-corrected chi connectivity index (χ2v) is 6.77. The van der Waals surface area contributed by atoms with Crippen LogP contribution in [-0.4, -0.2) is 35.6 Å². The smallest absolute Gasteiger partial charge is 0.319 e. The van der Waals surface area contributed by atoms with Gasteiger partial charge in [-0.2, -0.15) is 0 Å². The molecule has 1 fully saturated rings. The summed E-state index contributed by atoms with van der Waals surface area (Å²) in [7, 11) is 0. The van der Waals surface area contributed by atoms with Crippen molar-refractivity contribution in [2.75, 3.05) is 29.9 Å². The molecule has 6 nitrogen and oxygen atoms in total. The molecule has 2 N–H and O–H groups in total. The zero-order valence-electron chi connectivity index (χ0n) is 13.6. The molecule has 1 aromatic heterocycles. The van der Waals surface area contributed by atoms with Crippen LogP contribution in [0, 0.1) is 5.92 Å². The normalized spacial score (nSPS) is 15.0. The highest BCUT2D eigenvalue weighted by atomic mass is 35.5. The van der Waals surface area contributed by atoms with E-state index in [1.807, 2.05) is 0 Å². The summed E-state index contributed by atoms with van der Waals surface area (Å²) in [4.78, 5) is 22.7. The van der Waals surface area contributed by atoms with Gasteiger partial charge in [-0.25, -0.2) is 9.78 Å². The van der Waals surface area contributed by atoms with Gasteiger partial charge in [-0.05, 0) is 37.0 Å². The Labute approximate surface area is 156 Å². The van der Waals surface area contributed by atoms with Gasteiger partial charge in [0.2, 0.25) is 0 Å². The van der Waals surface area contributed by atoms with Gasteiger partial charge in [-0.1, -0.05) is 23.2 Å². The summed E-state index contributed by atoms with van der Waals surface area (Å²) in [5.41, 5.74) is 0.615. The number of hydrogen-bond donors (Lipinski definition) is 2. The van der Waals surface area contributed by atoms with Crippen molar-refractivity contribution >= 4 is 40.7 Å². The maximum Gasteiger partial charge on any atom is 0.319 e. The maximum atomic E-state index is 12.0. The van der Waals surface area contributed by atoms with E-state index >= 15 is 0 Å². The number of urea groups is 1. The third-order valence-corrected chi connectivity index (χ3v) is 4.96. The van der Waals surface area contributed by atoms with E-state index < -0.39 is 0 Å². The lowest BCUT2D eigenvalue weighted by atomic mass is 9.97. The predicted octanol–water partition coefficient (Wildman–Crippen LogP) is 3.82. The number of benzene rings is 1. The van der Waals surface area contributed by atoms with E-state index in [0.717, 1.165) is 31.7 Å². The second-order valence-electron chi connectivity index (χ2n) is 5.96. The minimum atomic E-state index is -0.241. The second kappa shape index (κ2) is 8.36. The Morgan fingerprint density at radius 1 is 1.20 bits per heavy atom. The van der Waals surface area contributed by atoms with Gasteiger partial charge in [0.25, 0.3) is 0 Å². The fourth-order valence-corrected chi connectivity index (χ4v) is 3.11. The van der Waals surface area contributed by atoms with Crippen LogP contribution in [0.3, 0.4) is 0 Å². The molecule has 3 rings (SSSR count). The number of aromatic nitrogens is 2. The molecule has 0 bridgehead atoms. The first-order valence-electron chi connectivity index (χ1n) is 8.12. The third-order valence-electron chi connectivity index (χ3n) is 4.22. The highest BCUT2D eigenvalue weighted by Crippen LogP contribution is 2.25. The number of carbonyl (C=O) groups excluding carboxylic acids is 1. The summed E-state index contributed by atoms with van der Waals surface area (Å²) < 4.78 is 0.